The molecule has 1 fully saturated rings. The van der Waals surface area contributed by atoms with Crippen molar-refractivity contribution in [2.24, 2.45) is 0 Å². The maximum absolute atomic E-state index is 14.6. The number of hydrogen-bond acceptors (Lipinski definition) is 7. The number of pyridine rings is 1. The molecule has 2 N–H and O–H groups in total. The van der Waals surface area contributed by atoms with Gasteiger partial charge >= 0.3 is 5.97 Å². The Morgan fingerprint density at radius 3 is 2.75 bits per heavy atom. The summed E-state index contributed by atoms with van der Waals surface area (Å²) in [6, 6.07) is 9.50. The van der Waals surface area contributed by atoms with Crippen molar-refractivity contribution < 1.29 is 23.4 Å². The molecule has 0 aliphatic carbocycles. The van der Waals surface area contributed by atoms with Crippen molar-refractivity contribution in [2.75, 3.05) is 30.4 Å². The van der Waals surface area contributed by atoms with Crippen molar-refractivity contribution in [3.8, 4) is 6.07 Å². The third-order valence-electron chi connectivity index (χ3n) is 6.30. The molecule has 0 spiro atoms. The van der Waals surface area contributed by atoms with Gasteiger partial charge in [-0.15, -0.1) is 0 Å². The predicted molar refractivity (Wildman–Crippen MR) is 129 cm³/mol. The highest BCUT2D eigenvalue weighted by atomic mass is 19.3. The molecule has 0 saturated carbocycles. The number of aromatic carboxylic acids is 1. The Balaban J connectivity index is 1.84. The van der Waals surface area contributed by atoms with Gasteiger partial charge in [-0.05, 0) is 44.0 Å². The number of anilines is 2. The molecule has 1 saturated heterocycles. The van der Waals surface area contributed by atoms with E-state index in [4.69, 9.17) is 4.74 Å². The van der Waals surface area contributed by atoms with Crippen LogP contribution in [0.2, 0.25) is 0 Å². The number of para-hydroxylation sites is 1. The highest BCUT2D eigenvalue weighted by molar-refractivity contribution is 5.94. The SMILES string of the molecule is CO[C@H]1CCN(c2nc3c(C(C)Nc4ccccc4C(=O)O)cc(C)cn3c(=O)c2C#N)CC1(F)F. The number of fused-ring (bicyclic) bond motifs is 1. The summed E-state index contributed by atoms with van der Waals surface area (Å²) < 4.78 is 35.4. The molecule has 188 valence electrons. The third kappa shape index (κ3) is 4.47. The lowest BCUT2D eigenvalue weighted by Crippen LogP contribution is -2.53. The topological polar surface area (TPSA) is 120 Å². The summed E-state index contributed by atoms with van der Waals surface area (Å²) in [6.07, 6.45) is 0.264. The molecule has 1 aromatic carbocycles. The van der Waals surface area contributed by atoms with E-state index < -0.39 is 36.1 Å². The molecular weight excluding hydrogens is 472 g/mol. The fourth-order valence-corrected chi connectivity index (χ4v) is 4.54. The van der Waals surface area contributed by atoms with Crippen molar-refractivity contribution in [3.63, 3.8) is 0 Å². The molecule has 3 aromatic rings. The Morgan fingerprint density at radius 1 is 1.39 bits per heavy atom. The number of rotatable bonds is 6. The Morgan fingerprint density at radius 2 is 2.11 bits per heavy atom. The maximum atomic E-state index is 14.6. The lowest BCUT2D eigenvalue weighted by molar-refractivity contribution is -0.129. The Labute approximate surface area is 205 Å². The monoisotopic (exact) mass is 497 g/mol. The first-order valence-corrected chi connectivity index (χ1v) is 11.3. The maximum Gasteiger partial charge on any atom is 0.337 e. The number of nitriles is 1. The number of carboxylic acids is 1. The second-order valence-electron chi connectivity index (χ2n) is 8.81. The lowest BCUT2D eigenvalue weighted by atomic mass is 10.0. The van der Waals surface area contributed by atoms with Crippen LogP contribution in [0.1, 0.15) is 46.4 Å². The van der Waals surface area contributed by atoms with E-state index in [0.717, 1.165) is 0 Å². The van der Waals surface area contributed by atoms with Gasteiger partial charge in [-0.3, -0.25) is 9.20 Å². The van der Waals surface area contributed by atoms with Crippen LogP contribution in [0.4, 0.5) is 20.3 Å². The summed E-state index contributed by atoms with van der Waals surface area (Å²) >= 11 is 0. The third-order valence-corrected chi connectivity index (χ3v) is 6.30. The van der Waals surface area contributed by atoms with Crippen LogP contribution in [0.15, 0.2) is 41.3 Å². The second kappa shape index (κ2) is 9.54. The van der Waals surface area contributed by atoms with Gasteiger partial charge in [-0.1, -0.05) is 12.1 Å². The molecule has 3 heterocycles. The van der Waals surface area contributed by atoms with Crippen LogP contribution in [-0.4, -0.2) is 52.7 Å². The van der Waals surface area contributed by atoms with Crippen LogP contribution in [0, 0.1) is 18.3 Å². The molecule has 9 nitrogen and oxygen atoms in total. The fourth-order valence-electron chi connectivity index (χ4n) is 4.54. The highest BCUT2D eigenvalue weighted by Crippen LogP contribution is 2.33. The van der Waals surface area contributed by atoms with Crippen LogP contribution in [0.3, 0.4) is 0 Å². The van der Waals surface area contributed by atoms with E-state index in [-0.39, 0.29) is 35.6 Å². The number of ether oxygens (including phenoxy) is 1. The van der Waals surface area contributed by atoms with Gasteiger partial charge < -0.3 is 20.1 Å². The number of carbonyl (C=O) groups is 1. The van der Waals surface area contributed by atoms with Crippen LogP contribution in [0.5, 0.6) is 0 Å². The first-order valence-electron chi connectivity index (χ1n) is 11.3. The Kier molecular flexibility index (Phi) is 6.65. The van der Waals surface area contributed by atoms with E-state index in [1.807, 2.05) is 6.07 Å². The number of carboxylic acid groups (broad SMARTS) is 1. The molecule has 1 aliphatic heterocycles. The molecule has 2 aromatic heterocycles. The van der Waals surface area contributed by atoms with Crippen LogP contribution < -0.4 is 15.8 Å². The minimum Gasteiger partial charge on any atom is -0.478 e. The second-order valence-corrected chi connectivity index (χ2v) is 8.81. The number of aromatic nitrogens is 2. The van der Waals surface area contributed by atoms with Gasteiger partial charge in [0.2, 0.25) is 0 Å². The van der Waals surface area contributed by atoms with Gasteiger partial charge in [-0.2, -0.15) is 5.26 Å². The van der Waals surface area contributed by atoms with E-state index in [2.05, 4.69) is 10.3 Å². The summed E-state index contributed by atoms with van der Waals surface area (Å²) in [5.74, 6) is -4.41. The predicted octanol–water partition coefficient (Wildman–Crippen LogP) is 3.61. The number of methoxy groups -OCH3 is 1. The number of hydrogen-bond donors (Lipinski definition) is 2. The molecule has 0 amide bonds. The van der Waals surface area contributed by atoms with Gasteiger partial charge in [0.1, 0.15) is 17.8 Å². The summed E-state index contributed by atoms with van der Waals surface area (Å²) in [6.45, 7) is 2.93. The quantitative estimate of drug-likeness (QED) is 0.530. The number of nitrogens with one attached hydrogen (secondary N) is 1. The van der Waals surface area contributed by atoms with Crippen molar-refractivity contribution in [1.29, 1.82) is 5.26 Å². The number of benzene rings is 1. The Hall–Kier alpha value is -4.04. The van der Waals surface area contributed by atoms with Gasteiger partial charge in [-0.25, -0.2) is 18.6 Å². The summed E-state index contributed by atoms with van der Waals surface area (Å²) in [5.41, 5.74) is 0.869. The fraction of sp³-hybridized carbons (Fsp3) is 0.360. The minimum atomic E-state index is -3.20. The largest absolute Gasteiger partial charge is 0.478 e. The van der Waals surface area contributed by atoms with Crippen LogP contribution in [-0.2, 0) is 4.74 Å². The molecule has 36 heavy (non-hydrogen) atoms. The normalized spacial score (nSPS) is 18.0. The molecule has 4 rings (SSSR count). The average molecular weight is 498 g/mol. The van der Waals surface area contributed by atoms with Gasteiger partial charge in [0, 0.05) is 31.1 Å². The minimum absolute atomic E-state index is 0.000104. The number of alkyl halides is 2. The first-order chi connectivity index (χ1) is 17.1. The summed E-state index contributed by atoms with van der Waals surface area (Å²) in [7, 11) is 1.22. The van der Waals surface area contributed by atoms with Gasteiger partial charge in [0.05, 0.1) is 18.2 Å². The summed E-state index contributed by atoms with van der Waals surface area (Å²) in [5, 5.41) is 22.4. The van der Waals surface area contributed by atoms with Crippen molar-refractivity contribution in [3.05, 3.63) is 69.1 Å². The lowest BCUT2D eigenvalue weighted by Gasteiger charge is -2.38. The number of nitrogens with zero attached hydrogens (tertiary/aromatic N) is 4. The molecule has 0 radical (unpaired) electrons. The smallest absolute Gasteiger partial charge is 0.337 e. The van der Waals surface area contributed by atoms with Crippen LogP contribution in [0.25, 0.3) is 5.65 Å². The van der Waals surface area contributed by atoms with E-state index in [1.54, 1.807) is 38.1 Å². The number of halogens is 2. The molecule has 0 bridgehead atoms. The van der Waals surface area contributed by atoms with E-state index >= 15 is 0 Å². The van der Waals surface area contributed by atoms with Crippen molar-refractivity contribution >= 4 is 23.1 Å². The first kappa shape index (κ1) is 25.1. The molecule has 1 unspecified atom stereocenters. The van der Waals surface area contributed by atoms with E-state index in [1.165, 1.54) is 28.7 Å². The zero-order valence-electron chi connectivity index (χ0n) is 20.0. The van der Waals surface area contributed by atoms with E-state index in [9.17, 15) is 28.7 Å². The standard InChI is InChI=1S/C25H25F2N5O4/c1-14-10-17(15(2)29-19-7-5-4-6-16(19)24(34)35)22-30-21(18(11-28)23(33)32(22)12-14)31-9-8-20(36-3)25(26,27)13-31/h4-7,10,12,15,20,29H,8-9,13H2,1-3H3,(H,34,35)/t15?,20-/m0/s1. The van der Waals surface area contributed by atoms with Crippen molar-refractivity contribution in [2.45, 2.75) is 38.3 Å². The van der Waals surface area contributed by atoms with Gasteiger partial charge in [0.25, 0.3) is 11.5 Å². The summed E-state index contributed by atoms with van der Waals surface area (Å²) in [4.78, 5) is 30.7. The zero-order chi connectivity index (χ0) is 26.2. The highest BCUT2D eigenvalue weighted by Gasteiger charge is 2.46. The number of piperidine rings is 1. The van der Waals surface area contributed by atoms with Crippen LogP contribution >= 0.6 is 0 Å². The van der Waals surface area contributed by atoms with Crippen molar-refractivity contribution in [1.82, 2.24) is 9.38 Å². The molecule has 11 heteroatoms. The molecule has 1 aliphatic rings. The zero-order valence-corrected chi connectivity index (χ0v) is 20.0. The number of aryl methyl sites for hydroxylation is 1. The molecular formula is C25H25F2N5O4. The Bertz CT molecular complexity index is 1430. The van der Waals surface area contributed by atoms with E-state index in [0.29, 0.717) is 16.8 Å². The van der Waals surface area contributed by atoms with Gasteiger partial charge in [0.15, 0.2) is 11.4 Å². The molecule has 2 atom stereocenters. The average Bonchev–Trinajstić information content (AvgIpc) is 2.83.